The number of hydrogen-bond donors (Lipinski definition) is 1. The Kier molecular flexibility index (Phi) is 3.76. The molecule has 0 bridgehead atoms. The van der Waals surface area contributed by atoms with Crippen LogP contribution in [-0.2, 0) is 13.5 Å². The second kappa shape index (κ2) is 5.12. The topological polar surface area (TPSA) is 55.6 Å². The van der Waals surface area contributed by atoms with Crippen LogP contribution >= 0.6 is 0 Å². The Labute approximate surface area is 103 Å². The molecule has 1 fully saturated rings. The molecule has 0 radical (unpaired) electrons. The Balaban J connectivity index is 2.10. The molecule has 2 rings (SSSR count). The Bertz CT molecular complexity index is 354. The summed E-state index contributed by atoms with van der Waals surface area (Å²) in [4.78, 5) is 1.54. The fourth-order valence-electron chi connectivity index (χ4n) is 3.24. The molecule has 1 saturated carbocycles. The quantitative estimate of drug-likeness (QED) is 0.839. The molecule has 1 aromatic heterocycles. The van der Waals surface area contributed by atoms with E-state index in [1.54, 1.807) is 0 Å². The Morgan fingerprint density at radius 1 is 1.41 bits per heavy atom. The summed E-state index contributed by atoms with van der Waals surface area (Å²) in [5.74, 6) is 0.853. The monoisotopic (exact) mass is 237 g/mol. The summed E-state index contributed by atoms with van der Waals surface area (Å²) in [5.41, 5.74) is 0.438. The number of nitrogens with zero attached hydrogens (tertiary/aromatic N) is 4. The molecule has 0 saturated heterocycles. The van der Waals surface area contributed by atoms with Crippen molar-refractivity contribution in [3.05, 3.63) is 5.82 Å². The van der Waals surface area contributed by atoms with Crippen LogP contribution in [0.15, 0.2) is 0 Å². The van der Waals surface area contributed by atoms with E-state index in [4.69, 9.17) is 0 Å². The highest BCUT2D eigenvalue weighted by molar-refractivity contribution is 4.98. The number of hydrogen-bond acceptors (Lipinski definition) is 4. The number of tetrazole rings is 1. The summed E-state index contributed by atoms with van der Waals surface area (Å²) in [6, 6.07) is 0.471. The first-order valence-electron chi connectivity index (χ1n) is 6.60. The molecule has 5 heteroatoms. The third kappa shape index (κ3) is 2.49. The zero-order valence-corrected chi connectivity index (χ0v) is 11.1. The average Bonchev–Trinajstić information content (AvgIpc) is 2.95. The lowest BCUT2D eigenvalue weighted by Crippen LogP contribution is -2.43. The first-order chi connectivity index (χ1) is 8.20. The molecular formula is C12H23N5. The van der Waals surface area contributed by atoms with E-state index in [9.17, 15) is 0 Å². The van der Waals surface area contributed by atoms with Crippen molar-refractivity contribution >= 4 is 0 Å². The van der Waals surface area contributed by atoms with Crippen molar-refractivity contribution in [3.8, 4) is 0 Å². The zero-order valence-electron chi connectivity index (χ0n) is 11.1. The van der Waals surface area contributed by atoms with Gasteiger partial charge in [-0.15, -0.1) is 10.2 Å². The highest BCUT2D eigenvalue weighted by atomic mass is 15.6. The van der Waals surface area contributed by atoms with Gasteiger partial charge >= 0.3 is 0 Å². The predicted molar refractivity (Wildman–Crippen MR) is 66.5 cm³/mol. The smallest absolute Gasteiger partial charge is 0.176 e. The molecule has 1 aliphatic rings. The first kappa shape index (κ1) is 12.5. The first-order valence-corrected chi connectivity index (χ1v) is 6.60. The van der Waals surface area contributed by atoms with Gasteiger partial charge in [0.25, 0.3) is 0 Å². The van der Waals surface area contributed by atoms with Crippen LogP contribution in [-0.4, -0.2) is 33.3 Å². The maximum Gasteiger partial charge on any atom is 0.176 e. The van der Waals surface area contributed by atoms with Crippen molar-refractivity contribution in [2.45, 2.75) is 51.5 Å². The average molecular weight is 237 g/mol. The highest BCUT2D eigenvalue weighted by Crippen LogP contribution is 2.44. The van der Waals surface area contributed by atoms with Crippen molar-refractivity contribution in [2.75, 3.05) is 7.05 Å². The number of aromatic nitrogens is 4. The molecule has 1 aliphatic carbocycles. The maximum atomic E-state index is 4.29. The van der Waals surface area contributed by atoms with Gasteiger partial charge in [-0.05, 0) is 36.9 Å². The van der Waals surface area contributed by atoms with Crippen LogP contribution in [0.4, 0.5) is 0 Å². The van der Waals surface area contributed by atoms with E-state index in [1.165, 1.54) is 36.9 Å². The van der Waals surface area contributed by atoms with Crippen LogP contribution in [0.2, 0.25) is 0 Å². The van der Waals surface area contributed by atoms with E-state index in [2.05, 4.69) is 34.7 Å². The number of aryl methyl sites for hydroxylation is 1. The highest BCUT2D eigenvalue weighted by Gasteiger charge is 2.39. The zero-order chi connectivity index (χ0) is 12.3. The van der Waals surface area contributed by atoms with Crippen molar-refractivity contribution in [1.29, 1.82) is 0 Å². The van der Waals surface area contributed by atoms with Crippen LogP contribution in [0.5, 0.6) is 0 Å². The van der Waals surface area contributed by atoms with Crippen molar-refractivity contribution in [1.82, 2.24) is 25.5 Å². The van der Waals surface area contributed by atoms with Crippen LogP contribution in [0.3, 0.4) is 0 Å². The SMILES string of the molecule is CCC1(C(Cc2nnn(C)n2)NC)CCCC1. The Hall–Kier alpha value is -0.970. The number of likely N-dealkylation sites (N-methyl/N-ethyl adjacent to an activating group) is 1. The van der Waals surface area contributed by atoms with Gasteiger partial charge in [-0.1, -0.05) is 19.8 Å². The number of nitrogens with one attached hydrogen (secondary N) is 1. The minimum atomic E-state index is 0.438. The van der Waals surface area contributed by atoms with E-state index in [0.29, 0.717) is 11.5 Å². The molecule has 1 heterocycles. The molecule has 1 N–H and O–H groups in total. The summed E-state index contributed by atoms with van der Waals surface area (Å²) in [5, 5.41) is 15.8. The van der Waals surface area contributed by atoms with E-state index in [1.807, 2.05) is 7.05 Å². The molecule has 96 valence electrons. The van der Waals surface area contributed by atoms with Crippen LogP contribution in [0.1, 0.15) is 44.9 Å². The van der Waals surface area contributed by atoms with Gasteiger partial charge in [0.1, 0.15) is 0 Å². The normalized spacial score (nSPS) is 20.6. The van der Waals surface area contributed by atoms with Crippen molar-refractivity contribution in [2.24, 2.45) is 12.5 Å². The molecular weight excluding hydrogens is 214 g/mol. The van der Waals surface area contributed by atoms with Gasteiger partial charge in [-0.25, -0.2) is 0 Å². The molecule has 1 unspecified atom stereocenters. The van der Waals surface area contributed by atoms with Crippen LogP contribution in [0.25, 0.3) is 0 Å². The van der Waals surface area contributed by atoms with Gasteiger partial charge < -0.3 is 5.32 Å². The Morgan fingerprint density at radius 2 is 2.12 bits per heavy atom. The lowest BCUT2D eigenvalue weighted by molar-refractivity contribution is 0.190. The molecule has 0 spiro atoms. The van der Waals surface area contributed by atoms with E-state index < -0.39 is 0 Å². The van der Waals surface area contributed by atoms with Gasteiger partial charge in [0.05, 0.1) is 7.05 Å². The predicted octanol–water partition coefficient (Wildman–Crippen LogP) is 1.31. The van der Waals surface area contributed by atoms with Gasteiger partial charge in [0.15, 0.2) is 5.82 Å². The molecule has 0 amide bonds. The molecule has 5 nitrogen and oxygen atoms in total. The summed E-state index contributed by atoms with van der Waals surface area (Å²) in [6.07, 6.45) is 7.50. The van der Waals surface area contributed by atoms with Gasteiger partial charge in [-0.3, -0.25) is 0 Å². The largest absolute Gasteiger partial charge is 0.316 e. The lowest BCUT2D eigenvalue weighted by Gasteiger charge is -2.36. The minimum absolute atomic E-state index is 0.438. The van der Waals surface area contributed by atoms with Crippen LogP contribution in [0, 0.1) is 5.41 Å². The minimum Gasteiger partial charge on any atom is -0.316 e. The van der Waals surface area contributed by atoms with Crippen LogP contribution < -0.4 is 5.32 Å². The molecule has 1 atom stereocenters. The van der Waals surface area contributed by atoms with Crippen molar-refractivity contribution < 1.29 is 0 Å². The summed E-state index contributed by atoms with van der Waals surface area (Å²) in [6.45, 7) is 2.31. The summed E-state index contributed by atoms with van der Waals surface area (Å²) in [7, 11) is 3.87. The third-order valence-corrected chi connectivity index (χ3v) is 4.33. The van der Waals surface area contributed by atoms with Gasteiger partial charge in [0, 0.05) is 12.5 Å². The second-order valence-corrected chi connectivity index (χ2v) is 5.16. The molecule has 17 heavy (non-hydrogen) atoms. The standard InChI is InChI=1S/C12H23N5/c1-4-12(7-5-6-8-12)10(13-2)9-11-14-16-17(3)15-11/h10,13H,4-9H2,1-3H3. The van der Waals surface area contributed by atoms with Crippen molar-refractivity contribution in [3.63, 3.8) is 0 Å². The second-order valence-electron chi connectivity index (χ2n) is 5.16. The molecule has 1 aromatic rings. The molecule has 0 aliphatic heterocycles. The van der Waals surface area contributed by atoms with E-state index in [0.717, 1.165) is 12.2 Å². The van der Waals surface area contributed by atoms with Gasteiger partial charge in [-0.2, -0.15) is 4.80 Å². The Morgan fingerprint density at radius 3 is 2.59 bits per heavy atom. The molecule has 0 aromatic carbocycles. The van der Waals surface area contributed by atoms with E-state index in [-0.39, 0.29) is 0 Å². The fraction of sp³-hybridized carbons (Fsp3) is 0.917. The summed E-state index contributed by atoms with van der Waals surface area (Å²) >= 11 is 0. The number of rotatable bonds is 5. The van der Waals surface area contributed by atoms with E-state index >= 15 is 0 Å². The fourth-order valence-corrected chi connectivity index (χ4v) is 3.24. The maximum absolute atomic E-state index is 4.29. The lowest BCUT2D eigenvalue weighted by atomic mass is 9.75. The van der Waals surface area contributed by atoms with Gasteiger partial charge in [0.2, 0.25) is 0 Å². The third-order valence-electron chi connectivity index (χ3n) is 4.33. The summed E-state index contributed by atoms with van der Waals surface area (Å²) < 4.78 is 0.